The van der Waals surface area contributed by atoms with Crippen molar-refractivity contribution in [1.82, 2.24) is 0 Å². The molecule has 130 valence electrons. The topological polar surface area (TPSA) is 80.4 Å². The van der Waals surface area contributed by atoms with Crippen LogP contribution in [0.1, 0.15) is 57.6 Å². The van der Waals surface area contributed by atoms with Gasteiger partial charge in [0.15, 0.2) is 11.5 Å². The molecule has 1 aliphatic rings. The Morgan fingerprint density at radius 2 is 1.88 bits per heavy atom. The maximum Gasteiger partial charge on any atom is 0.243 e. The minimum atomic E-state index is -0.643. The lowest BCUT2D eigenvalue weighted by Crippen LogP contribution is -2.36. The van der Waals surface area contributed by atoms with Crippen LogP contribution in [-0.4, -0.2) is 24.4 Å². The van der Waals surface area contributed by atoms with Crippen LogP contribution >= 0.6 is 0 Å². The first-order chi connectivity index (χ1) is 12.0. The van der Waals surface area contributed by atoms with Crippen molar-refractivity contribution in [2.45, 2.75) is 33.1 Å². The van der Waals surface area contributed by atoms with Gasteiger partial charge in [-0.05, 0) is 31.0 Å². The fraction of sp³-hybridized carbons (Fsp3) is 0.350. The number of carbonyl (C=O) groups excluding carboxylic acids is 2. The van der Waals surface area contributed by atoms with E-state index < -0.39 is 11.7 Å². The Morgan fingerprint density at radius 3 is 2.48 bits per heavy atom. The predicted octanol–water partition coefficient (Wildman–Crippen LogP) is 4.00. The predicted molar refractivity (Wildman–Crippen MR) is 94.0 cm³/mol. The van der Waals surface area contributed by atoms with E-state index in [2.05, 4.69) is 0 Å². The second-order valence-electron chi connectivity index (χ2n) is 6.33. The van der Waals surface area contributed by atoms with E-state index in [-0.39, 0.29) is 17.3 Å². The average Bonchev–Trinajstić information content (AvgIpc) is 2.94. The van der Waals surface area contributed by atoms with Gasteiger partial charge in [-0.3, -0.25) is 9.59 Å². The minimum Gasteiger partial charge on any atom is -0.497 e. The third kappa shape index (κ3) is 2.90. The quantitative estimate of drug-likeness (QED) is 0.893. The highest BCUT2D eigenvalue weighted by molar-refractivity contribution is 6.52. The molecule has 0 saturated carbocycles. The highest BCUT2D eigenvalue weighted by atomic mass is 16.5. The van der Waals surface area contributed by atoms with Crippen LogP contribution in [0.5, 0.6) is 5.75 Å². The van der Waals surface area contributed by atoms with E-state index in [1.165, 1.54) is 0 Å². The van der Waals surface area contributed by atoms with Crippen molar-refractivity contribution in [2.75, 3.05) is 7.11 Å². The molecule has 0 radical (unpaired) electrons. The number of benzene rings is 1. The third-order valence-electron chi connectivity index (χ3n) is 4.71. The van der Waals surface area contributed by atoms with Crippen LogP contribution in [0.15, 0.2) is 28.7 Å². The summed E-state index contributed by atoms with van der Waals surface area (Å²) in [4.78, 5) is 25.2. The Labute approximate surface area is 146 Å². The lowest BCUT2D eigenvalue weighted by Gasteiger charge is -2.19. The molecule has 0 aliphatic heterocycles. The molecule has 25 heavy (non-hydrogen) atoms. The summed E-state index contributed by atoms with van der Waals surface area (Å²) < 4.78 is 10.9. The zero-order chi connectivity index (χ0) is 18.1. The molecule has 2 aromatic rings. The van der Waals surface area contributed by atoms with Crippen molar-refractivity contribution in [1.29, 1.82) is 5.41 Å². The van der Waals surface area contributed by atoms with Gasteiger partial charge in [-0.2, -0.15) is 0 Å². The number of fused-ring (bicyclic) bond motifs is 1. The molecule has 1 aromatic carbocycles. The molecule has 1 unspecified atom stereocenters. The van der Waals surface area contributed by atoms with Gasteiger partial charge >= 0.3 is 0 Å². The first kappa shape index (κ1) is 17.1. The zero-order valence-corrected chi connectivity index (χ0v) is 14.6. The average molecular weight is 339 g/mol. The second kappa shape index (κ2) is 6.67. The Kier molecular flexibility index (Phi) is 4.57. The van der Waals surface area contributed by atoms with Crippen LogP contribution in [0.2, 0.25) is 0 Å². The monoisotopic (exact) mass is 339 g/mol. The second-order valence-corrected chi connectivity index (χ2v) is 6.33. The SMILES string of the molecule is CCCC1C(=N)C(=O)c2oc(Cc3ccc(OC)cc3)c(C)c2C1=O. The number of hydrogen-bond acceptors (Lipinski definition) is 5. The number of Topliss-reactive ketones (excluding diaryl/α,β-unsaturated/α-hetero) is 2. The molecule has 3 rings (SSSR count). The Bertz CT molecular complexity index is 845. The number of ketones is 2. The lowest BCUT2D eigenvalue weighted by atomic mass is 9.80. The smallest absolute Gasteiger partial charge is 0.243 e. The van der Waals surface area contributed by atoms with Crippen LogP contribution in [0.25, 0.3) is 0 Å². The van der Waals surface area contributed by atoms with E-state index in [9.17, 15) is 9.59 Å². The number of hydrogen-bond donors (Lipinski definition) is 1. The Morgan fingerprint density at radius 1 is 1.20 bits per heavy atom. The van der Waals surface area contributed by atoms with Gasteiger partial charge in [0.2, 0.25) is 5.78 Å². The number of ether oxygens (including phenoxy) is 1. The standard InChI is InChI=1S/C20H21NO4/c1-4-5-14-17(21)19(23)20-16(18(14)22)11(2)15(25-20)10-12-6-8-13(24-3)9-7-12/h6-9,14,21H,4-5,10H2,1-3H3. The summed E-state index contributed by atoms with van der Waals surface area (Å²) in [5.74, 6) is 0.126. The number of rotatable bonds is 5. The molecule has 1 aromatic heterocycles. The summed E-state index contributed by atoms with van der Waals surface area (Å²) in [5, 5.41) is 8.02. The molecule has 0 spiro atoms. The fourth-order valence-electron chi connectivity index (χ4n) is 3.26. The molecule has 0 amide bonds. The van der Waals surface area contributed by atoms with Crippen molar-refractivity contribution >= 4 is 17.3 Å². The van der Waals surface area contributed by atoms with Gasteiger partial charge in [-0.15, -0.1) is 0 Å². The van der Waals surface area contributed by atoms with Crippen molar-refractivity contribution in [3.8, 4) is 5.75 Å². The molecular formula is C20H21NO4. The van der Waals surface area contributed by atoms with Crippen molar-refractivity contribution in [2.24, 2.45) is 5.92 Å². The summed E-state index contributed by atoms with van der Waals surface area (Å²) >= 11 is 0. The number of methoxy groups -OCH3 is 1. The molecule has 1 heterocycles. The summed E-state index contributed by atoms with van der Waals surface area (Å²) in [6.45, 7) is 3.75. The summed E-state index contributed by atoms with van der Waals surface area (Å²) in [6.07, 6.45) is 1.74. The van der Waals surface area contributed by atoms with E-state index in [1.54, 1.807) is 7.11 Å². The van der Waals surface area contributed by atoms with Crippen LogP contribution in [0, 0.1) is 18.3 Å². The van der Waals surface area contributed by atoms with Crippen molar-refractivity contribution in [3.05, 3.63) is 52.5 Å². The molecule has 5 heteroatoms. The Hall–Kier alpha value is -2.69. The highest BCUT2D eigenvalue weighted by Gasteiger charge is 2.41. The number of furan rings is 1. The van der Waals surface area contributed by atoms with Crippen LogP contribution < -0.4 is 4.74 Å². The van der Waals surface area contributed by atoms with E-state index in [1.807, 2.05) is 38.1 Å². The molecule has 1 N–H and O–H groups in total. The number of carbonyl (C=O) groups is 2. The minimum absolute atomic E-state index is 0.0309. The van der Waals surface area contributed by atoms with Gasteiger partial charge in [-0.25, -0.2) is 0 Å². The first-order valence-corrected chi connectivity index (χ1v) is 8.40. The van der Waals surface area contributed by atoms with Gasteiger partial charge in [0.1, 0.15) is 11.5 Å². The molecule has 0 saturated heterocycles. The van der Waals surface area contributed by atoms with Gasteiger partial charge in [0.05, 0.1) is 24.3 Å². The maximum atomic E-state index is 12.8. The van der Waals surface area contributed by atoms with Crippen LogP contribution in [0.4, 0.5) is 0 Å². The normalized spacial score (nSPS) is 16.9. The van der Waals surface area contributed by atoms with Crippen LogP contribution in [0.3, 0.4) is 0 Å². The van der Waals surface area contributed by atoms with E-state index >= 15 is 0 Å². The largest absolute Gasteiger partial charge is 0.497 e. The van der Waals surface area contributed by atoms with Gasteiger partial charge in [0, 0.05) is 12.0 Å². The van der Waals surface area contributed by atoms with Crippen molar-refractivity contribution < 1.29 is 18.7 Å². The van der Waals surface area contributed by atoms with Gasteiger partial charge in [0.25, 0.3) is 0 Å². The summed E-state index contributed by atoms with van der Waals surface area (Å²) in [6, 6.07) is 7.56. The molecule has 1 aliphatic carbocycles. The molecule has 5 nitrogen and oxygen atoms in total. The molecule has 0 bridgehead atoms. The van der Waals surface area contributed by atoms with Gasteiger partial charge < -0.3 is 14.6 Å². The summed E-state index contributed by atoms with van der Waals surface area (Å²) in [5.41, 5.74) is 1.92. The summed E-state index contributed by atoms with van der Waals surface area (Å²) in [7, 11) is 1.61. The lowest BCUT2D eigenvalue weighted by molar-refractivity contribution is 0.0903. The highest BCUT2D eigenvalue weighted by Crippen LogP contribution is 2.33. The Balaban J connectivity index is 1.97. The first-order valence-electron chi connectivity index (χ1n) is 8.40. The van der Waals surface area contributed by atoms with E-state index in [4.69, 9.17) is 14.6 Å². The molecule has 1 atom stereocenters. The van der Waals surface area contributed by atoms with E-state index in [0.29, 0.717) is 29.7 Å². The molecular weight excluding hydrogens is 318 g/mol. The van der Waals surface area contributed by atoms with Crippen molar-refractivity contribution in [3.63, 3.8) is 0 Å². The van der Waals surface area contributed by atoms with E-state index in [0.717, 1.165) is 17.7 Å². The maximum absolute atomic E-state index is 12.8. The fourth-order valence-corrected chi connectivity index (χ4v) is 3.26. The van der Waals surface area contributed by atoms with Gasteiger partial charge in [-0.1, -0.05) is 25.5 Å². The zero-order valence-electron chi connectivity index (χ0n) is 14.6. The van der Waals surface area contributed by atoms with Crippen LogP contribution in [-0.2, 0) is 6.42 Å². The molecule has 0 fully saturated rings. The third-order valence-corrected chi connectivity index (χ3v) is 4.71. The number of nitrogens with one attached hydrogen (secondary N) is 1.